The van der Waals surface area contributed by atoms with Gasteiger partial charge in [-0.3, -0.25) is 4.79 Å². The van der Waals surface area contributed by atoms with Gasteiger partial charge < -0.3 is 10.1 Å². The zero-order valence-corrected chi connectivity index (χ0v) is 9.69. The molecule has 1 fully saturated rings. The third kappa shape index (κ3) is 2.25. The molecule has 1 N–H and O–H groups in total. The van der Waals surface area contributed by atoms with E-state index in [1.165, 1.54) is 18.2 Å². The second-order valence-electron chi connectivity index (χ2n) is 4.33. The molecule has 0 saturated carbocycles. The molecule has 3 heteroatoms. The first-order valence-electron chi connectivity index (χ1n) is 5.58. The maximum absolute atomic E-state index is 11.4. The number of benzene rings is 1. The lowest BCUT2D eigenvalue weighted by Gasteiger charge is -2.10. The van der Waals surface area contributed by atoms with Crippen molar-refractivity contribution in [2.24, 2.45) is 5.92 Å². The van der Waals surface area contributed by atoms with Crippen LogP contribution in [0.3, 0.4) is 0 Å². The first-order chi connectivity index (χ1) is 7.70. The zero-order chi connectivity index (χ0) is 11.5. The van der Waals surface area contributed by atoms with Crippen LogP contribution >= 0.6 is 0 Å². The number of aryl methyl sites for hydroxylation is 1. The summed E-state index contributed by atoms with van der Waals surface area (Å²) in [7, 11) is 1.45. The molecule has 1 saturated heterocycles. The van der Waals surface area contributed by atoms with Gasteiger partial charge in [-0.25, -0.2) is 0 Å². The summed E-state index contributed by atoms with van der Waals surface area (Å²) in [4.78, 5) is 11.4. The topological polar surface area (TPSA) is 38.3 Å². The molecular weight excluding hydrogens is 202 g/mol. The van der Waals surface area contributed by atoms with Crippen molar-refractivity contribution in [1.82, 2.24) is 5.32 Å². The monoisotopic (exact) mass is 219 g/mol. The van der Waals surface area contributed by atoms with Gasteiger partial charge in [0.2, 0.25) is 0 Å². The molecule has 1 aromatic rings. The molecule has 2 unspecified atom stereocenters. The minimum absolute atomic E-state index is 0.00342. The van der Waals surface area contributed by atoms with Gasteiger partial charge in [-0.05, 0) is 18.9 Å². The van der Waals surface area contributed by atoms with Crippen LogP contribution in [0.15, 0.2) is 24.3 Å². The Balaban J connectivity index is 2.03. The summed E-state index contributed by atoms with van der Waals surface area (Å²) < 4.78 is 4.76. The number of hydrogen-bond donors (Lipinski definition) is 1. The van der Waals surface area contributed by atoms with E-state index in [1.807, 2.05) is 0 Å². The first-order valence-corrected chi connectivity index (χ1v) is 5.58. The summed E-state index contributed by atoms with van der Waals surface area (Å²) in [5.41, 5.74) is 2.50. The van der Waals surface area contributed by atoms with Gasteiger partial charge in [0.25, 0.3) is 0 Å². The Hall–Kier alpha value is -1.35. The van der Waals surface area contributed by atoms with E-state index in [2.05, 4.69) is 36.5 Å². The molecule has 1 aromatic carbocycles. The van der Waals surface area contributed by atoms with Crippen LogP contribution in [0, 0.1) is 12.8 Å². The Kier molecular flexibility index (Phi) is 3.25. The van der Waals surface area contributed by atoms with Gasteiger partial charge in [0.1, 0.15) is 0 Å². The SMILES string of the molecule is COC(=O)C1CNC(c2ccc(C)cc2)C1. The third-order valence-corrected chi connectivity index (χ3v) is 3.15. The molecule has 0 spiro atoms. The van der Waals surface area contributed by atoms with E-state index in [4.69, 9.17) is 4.74 Å². The molecule has 86 valence electrons. The second kappa shape index (κ2) is 4.66. The lowest BCUT2D eigenvalue weighted by molar-refractivity contribution is -0.144. The predicted octanol–water partition coefficient (Wildman–Crippen LogP) is 1.82. The summed E-state index contributed by atoms with van der Waals surface area (Å²) in [6.07, 6.45) is 0.829. The van der Waals surface area contributed by atoms with E-state index in [9.17, 15) is 4.79 Å². The Labute approximate surface area is 95.8 Å². The summed E-state index contributed by atoms with van der Waals surface area (Å²) in [5, 5.41) is 3.36. The second-order valence-corrected chi connectivity index (χ2v) is 4.33. The van der Waals surface area contributed by atoms with Crippen molar-refractivity contribution in [2.45, 2.75) is 19.4 Å². The number of rotatable bonds is 2. The van der Waals surface area contributed by atoms with E-state index < -0.39 is 0 Å². The molecule has 3 nitrogen and oxygen atoms in total. The molecule has 0 bridgehead atoms. The lowest BCUT2D eigenvalue weighted by atomic mass is 9.99. The zero-order valence-electron chi connectivity index (χ0n) is 9.69. The van der Waals surface area contributed by atoms with Crippen LogP contribution in [0.4, 0.5) is 0 Å². The number of ether oxygens (including phenoxy) is 1. The van der Waals surface area contributed by atoms with E-state index in [0.29, 0.717) is 6.54 Å². The lowest BCUT2D eigenvalue weighted by Crippen LogP contribution is -2.19. The average Bonchev–Trinajstić information content (AvgIpc) is 2.78. The fourth-order valence-electron chi connectivity index (χ4n) is 2.13. The standard InChI is InChI=1S/C13H17NO2/c1-9-3-5-10(6-4-9)12-7-11(8-14-12)13(15)16-2/h3-6,11-12,14H,7-8H2,1-2H3. The Morgan fingerprint density at radius 1 is 1.38 bits per heavy atom. The minimum atomic E-state index is -0.109. The molecule has 1 aliphatic heterocycles. The van der Waals surface area contributed by atoms with Crippen molar-refractivity contribution < 1.29 is 9.53 Å². The van der Waals surface area contributed by atoms with Crippen LogP contribution in [-0.2, 0) is 9.53 Å². The molecule has 16 heavy (non-hydrogen) atoms. The van der Waals surface area contributed by atoms with Gasteiger partial charge in [-0.2, -0.15) is 0 Å². The molecule has 0 amide bonds. The third-order valence-electron chi connectivity index (χ3n) is 3.15. The van der Waals surface area contributed by atoms with Crippen LogP contribution in [0.5, 0.6) is 0 Å². The van der Waals surface area contributed by atoms with Crippen LogP contribution in [0.2, 0.25) is 0 Å². The predicted molar refractivity (Wildman–Crippen MR) is 62.0 cm³/mol. The maximum Gasteiger partial charge on any atom is 0.310 e. The van der Waals surface area contributed by atoms with Gasteiger partial charge in [0, 0.05) is 12.6 Å². The van der Waals surface area contributed by atoms with E-state index in [-0.39, 0.29) is 17.9 Å². The van der Waals surface area contributed by atoms with E-state index in [0.717, 1.165) is 6.42 Å². The average molecular weight is 219 g/mol. The van der Waals surface area contributed by atoms with Gasteiger partial charge in [0.15, 0.2) is 0 Å². The van der Waals surface area contributed by atoms with Crippen molar-refractivity contribution in [3.8, 4) is 0 Å². The highest BCUT2D eigenvalue weighted by Crippen LogP contribution is 2.27. The number of methoxy groups -OCH3 is 1. The molecule has 0 aromatic heterocycles. The summed E-state index contributed by atoms with van der Waals surface area (Å²) >= 11 is 0. The molecule has 0 radical (unpaired) electrons. The smallest absolute Gasteiger partial charge is 0.310 e. The number of carbonyl (C=O) groups excluding carboxylic acids is 1. The van der Waals surface area contributed by atoms with E-state index in [1.54, 1.807) is 0 Å². The highest BCUT2D eigenvalue weighted by molar-refractivity contribution is 5.73. The fraction of sp³-hybridized carbons (Fsp3) is 0.462. The van der Waals surface area contributed by atoms with Gasteiger partial charge in [-0.1, -0.05) is 29.8 Å². The summed E-state index contributed by atoms with van der Waals surface area (Å²) in [5.74, 6) is -0.113. The summed E-state index contributed by atoms with van der Waals surface area (Å²) in [6, 6.07) is 8.72. The minimum Gasteiger partial charge on any atom is -0.469 e. The quantitative estimate of drug-likeness (QED) is 0.771. The largest absolute Gasteiger partial charge is 0.469 e. The number of esters is 1. The number of carbonyl (C=O) groups is 1. The summed E-state index contributed by atoms with van der Waals surface area (Å²) in [6.45, 7) is 2.79. The fourth-order valence-corrected chi connectivity index (χ4v) is 2.13. The van der Waals surface area contributed by atoms with Crippen LogP contribution in [-0.4, -0.2) is 19.6 Å². The van der Waals surface area contributed by atoms with E-state index >= 15 is 0 Å². The van der Waals surface area contributed by atoms with Crippen molar-refractivity contribution in [3.05, 3.63) is 35.4 Å². The Morgan fingerprint density at radius 2 is 2.06 bits per heavy atom. The van der Waals surface area contributed by atoms with Crippen LogP contribution < -0.4 is 5.32 Å². The molecule has 0 aliphatic carbocycles. The molecule has 1 aliphatic rings. The molecule has 1 heterocycles. The Bertz CT molecular complexity index is 372. The number of hydrogen-bond acceptors (Lipinski definition) is 3. The van der Waals surface area contributed by atoms with Crippen LogP contribution in [0.1, 0.15) is 23.6 Å². The van der Waals surface area contributed by atoms with Crippen molar-refractivity contribution in [1.29, 1.82) is 0 Å². The van der Waals surface area contributed by atoms with Gasteiger partial charge in [0.05, 0.1) is 13.0 Å². The maximum atomic E-state index is 11.4. The Morgan fingerprint density at radius 3 is 2.69 bits per heavy atom. The van der Waals surface area contributed by atoms with Crippen LogP contribution in [0.25, 0.3) is 0 Å². The van der Waals surface area contributed by atoms with Gasteiger partial charge in [-0.15, -0.1) is 0 Å². The highest BCUT2D eigenvalue weighted by atomic mass is 16.5. The van der Waals surface area contributed by atoms with Crippen molar-refractivity contribution in [2.75, 3.05) is 13.7 Å². The van der Waals surface area contributed by atoms with Gasteiger partial charge >= 0.3 is 5.97 Å². The van der Waals surface area contributed by atoms with Crippen molar-refractivity contribution in [3.63, 3.8) is 0 Å². The first kappa shape index (κ1) is 11.1. The van der Waals surface area contributed by atoms with Crippen molar-refractivity contribution >= 4 is 5.97 Å². The normalized spacial score (nSPS) is 24.4. The molecule has 2 rings (SSSR count). The number of nitrogens with one attached hydrogen (secondary N) is 1. The molecular formula is C13H17NO2. The molecule has 2 atom stereocenters. The highest BCUT2D eigenvalue weighted by Gasteiger charge is 2.30.